The van der Waals surface area contributed by atoms with Crippen molar-refractivity contribution in [1.82, 2.24) is 0 Å². The summed E-state index contributed by atoms with van der Waals surface area (Å²) in [4.78, 5) is 0. The molecular formula is C20H14FNO. The summed E-state index contributed by atoms with van der Waals surface area (Å²) < 4.78 is 14.0. The first-order valence-corrected chi connectivity index (χ1v) is 7.18. The van der Waals surface area contributed by atoms with E-state index < -0.39 is 5.82 Å². The normalized spacial score (nSPS) is 10.3. The van der Waals surface area contributed by atoms with E-state index in [1.807, 2.05) is 37.3 Å². The molecule has 0 aromatic heterocycles. The van der Waals surface area contributed by atoms with Crippen molar-refractivity contribution in [3.63, 3.8) is 0 Å². The molecule has 0 bridgehead atoms. The molecule has 1 N–H and O–H groups in total. The van der Waals surface area contributed by atoms with Crippen LogP contribution >= 0.6 is 0 Å². The zero-order chi connectivity index (χ0) is 16.4. The van der Waals surface area contributed by atoms with Crippen LogP contribution in [0.4, 0.5) is 4.39 Å². The molecule has 0 spiro atoms. The molecule has 112 valence electrons. The van der Waals surface area contributed by atoms with Crippen LogP contribution in [-0.4, -0.2) is 5.11 Å². The lowest BCUT2D eigenvalue weighted by Gasteiger charge is -2.10. The van der Waals surface area contributed by atoms with Crippen molar-refractivity contribution < 1.29 is 9.50 Å². The molecular weight excluding hydrogens is 289 g/mol. The Kier molecular flexibility index (Phi) is 3.82. The van der Waals surface area contributed by atoms with Crippen LogP contribution in [-0.2, 0) is 0 Å². The maximum Gasteiger partial charge on any atom is 0.134 e. The van der Waals surface area contributed by atoms with E-state index in [2.05, 4.69) is 6.07 Å². The first-order valence-electron chi connectivity index (χ1n) is 7.18. The first-order chi connectivity index (χ1) is 11.1. The number of benzene rings is 3. The zero-order valence-corrected chi connectivity index (χ0v) is 12.5. The highest BCUT2D eigenvalue weighted by atomic mass is 19.1. The molecule has 0 heterocycles. The second kappa shape index (κ2) is 5.94. The van der Waals surface area contributed by atoms with Crippen LogP contribution in [0.1, 0.15) is 11.1 Å². The van der Waals surface area contributed by atoms with Gasteiger partial charge in [0.25, 0.3) is 0 Å². The number of aromatic hydroxyl groups is 1. The van der Waals surface area contributed by atoms with Crippen LogP contribution in [0.2, 0.25) is 0 Å². The van der Waals surface area contributed by atoms with Crippen LogP contribution in [0, 0.1) is 24.1 Å². The Labute approximate surface area is 134 Å². The van der Waals surface area contributed by atoms with E-state index in [1.165, 1.54) is 6.07 Å². The number of phenolic OH excluding ortho intramolecular Hbond substituents is 1. The third-order valence-electron chi connectivity index (χ3n) is 3.82. The number of rotatable bonds is 2. The van der Waals surface area contributed by atoms with E-state index in [4.69, 9.17) is 5.26 Å². The van der Waals surface area contributed by atoms with E-state index in [0.717, 1.165) is 28.3 Å². The predicted octanol–water partition coefficient (Wildman–Crippen LogP) is 5.05. The maximum atomic E-state index is 14.0. The van der Waals surface area contributed by atoms with Crippen molar-refractivity contribution in [2.24, 2.45) is 0 Å². The quantitative estimate of drug-likeness (QED) is 0.720. The third kappa shape index (κ3) is 2.93. The molecule has 0 radical (unpaired) electrons. The number of hydrogen-bond donors (Lipinski definition) is 1. The van der Waals surface area contributed by atoms with Crippen LogP contribution in [0.5, 0.6) is 5.75 Å². The Morgan fingerprint density at radius 1 is 0.870 bits per heavy atom. The van der Waals surface area contributed by atoms with Crippen LogP contribution in [0.3, 0.4) is 0 Å². The number of nitrogens with zero attached hydrogens (tertiary/aromatic N) is 1. The SMILES string of the molecule is Cc1cc(-c2ccc(O)cc2F)ccc1-c1ccc(C#N)cc1. The smallest absolute Gasteiger partial charge is 0.134 e. The summed E-state index contributed by atoms with van der Waals surface area (Å²) in [6.07, 6.45) is 0. The summed E-state index contributed by atoms with van der Waals surface area (Å²) in [5, 5.41) is 18.2. The number of nitriles is 1. The molecule has 0 aliphatic carbocycles. The van der Waals surface area contributed by atoms with Gasteiger partial charge in [0.2, 0.25) is 0 Å². The minimum Gasteiger partial charge on any atom is -0.508 e. The van der Waals surface area contributed by atoms with Gasteiger partial charge in [-0.25, -0.2) is 4.39 Å². The summed E-state index contributed by atoms with van der Waals surface area (Å²) in [7, 11) is 0. The molecule has 0 aliphatic heterocycles. The number of phenols is 1. The van der Waals surface area contributed by atoms with Gasteiger partial charge in [-0.2, -0.15) is 5.26 Å². The first kappa shape index (κ1) is 14.8. The van der Waals surface area contributed by atoms with Gasteiger partial charge in [-0.1, -0.05) is 30.3 Å². The minimum absolute atomic E-state index is 0.0859. The molecule has 0 unspecified atom stereocenters. The summed E-state index contributed by atoms with van der Waals surface area (Å²) >= 11 is 0. The van der Waals surface area contributed by atoms with Crippen molar-refractivity contribution in [2.45, 2.75) is 6.92 Å². The van der Waals surface area contributed by atoms with Gasteiger partial charge in [-0.15, -0.1) is 0 Å². The van der Waals surface area contributed by atoms with E-state index >= 15 is 0 Å². The summed E-state index contributed by atoms with van der Waals surface area (Å²) in [6.45, 7) is 1.97. The summed E-state index contributed by atoms with van der Waals surface area (Å²) in [5.41, 5.74) is 4.90. The molecule has 3 aromatic rings. The fraction of sp³-hybridized carbons (Fsp3) is 0.0500. The van der Waals surface area contributed by atoms with E-state index in [0.29, 0.717) is 11.1 Å². The minimum atomic E-state index is -0.449. The van der Waals surface area contributed by atoms with Gasteiger partial charge in [0.1, 0.15) is 11.6 Å². The fourth-order valence-electron chi connectivity index (χ4n) is 2.62. The second-order valence-corrected chi connectivity index (χ2v) is 5.38. The Morgan fingerprint density at radius 3 is 2.13 bits per heavy atom. The third-order valence-corrected chi connectivity index (χ3v) is 3.82. The second-order valence-electron chi connectivity index (χ2n) is 5.38. The highest BCUT2D eigenvalue weighted by Gasteiger charge is 2.09. The average Bonchev–Trinajstić information content (AvgIpc) is 2.55. The zero-order valence-electron chi connectivity index (χ0n) is 12.5. The maximum absolute atomic E-state index is 14.0. The lowest BCUT2D eigenvalue weighted by atomic mass is 9.95. The lowest BCUT2D eigenvalue weighted by molar-refractivity contribution is 0.469. The van der Waals surface area contributed by atoms with Gasteiger partial charge < -0.3 is 5.11 Å². The van der Waals surface area contributed by atoms with Crippen molar-refractivity contribution in [3.05, 3.63) is 77.6 Å². The molecule has 0 fully saturated rings. The Bertz CT molecular complexity index is 908. The van der Waals surface area contributed by atoms with Crippen molar-refractivity contribution >= 4 is 0 Å². The lowest BCUT2D eigenvalue weighted by Crippen LogP contribution is -1.88. The molecule has 0 saturated heterocycles. The van der Waals surface area contributed by atoms with E-state index in [9.17, 15) is 9.50 Å². The molecule has 3 heteroatoms. The van der Waals surface area contributed by atoms with E-state index in [1.54, 1.807) is 18.2 Å². The number of halogens is 1. The van der Waals surface area contributed by atoms with Crippen molar-refractivity contribution in [1.29, 1.82) is 5.26 Å². The molecule has 0 atom stereocenters. The van der Waals surface area contributed by atoms with Gasteiger partial charge in [0, 0.05) is 11.6 Å². The van der Waals surface area contributed by atoms with Gasteiger partial charge in [-0.05, 0) is 53.4 Å². The molecule has 0 saturated carbocycles. The van der Waals surface area contributed by atoms with Gasteiger partial charge in [-0.3, -0.25) is 0 Å². The number of hydrogen-bond acceptors (Lipinski definition) is 2. The highest BCUT2D eigenvalue weighted by Crippen LogP contribution is 2.31. The number of aryl methyl sites for hydroxylation is 1. The van der Waals surface area contributed by atoms with Crippen LogP contribution < -0.4 is 0 Å². The van der Waals surface area contributed by atoms with Gasteiger partial charge in [0.05, 0.1) is 11.6 Å². The molecule has 3 rings (SSSR count). The van der Waals surface area contributed by atoms with Crippen LogP contribution in [0.25, 0.3) is 22.3 Å². The fourth-order valence-corrected chi connectivity index (χ4v) is 2.62. The van der Waals surface area contributed by atoms with Crippen LogP contribution in [0.15, 0.2) is 60.7 Å². The molecule has 23 heavy (non-hydrogen) atoms. The van der Waals surface area contributed by atoms with Gasteiger partial charge in [0.15, 0.2) is 0 Å². The Morgan fingerprint density at radius 2 is 1.52 bits per heavy atom. The topological polar surface area (TPSA) is 44.0 Å². The molecule has 3 aromatic carbocycles. The summed E-state index contributed by atoms with van der Waals surface area (Å²) in [5.74, 6) is -0.535. The Balaban J connectivity index is 2.02. The largest absolute Gasteiger partial charge is 0.508 e. The summed E-state index contributed by atoms with van der Waals surface area (Å²) in [6, 6.07) is 19.3. The Hall–Kier alpha value is -3.12. The molecule has 2 nitrogen and oxygen atoms in total. The molecule has 0 amide bonds. The van der Waals surface area contributed by atoms with Crippen molar-refractivity contribution in [2.75, 3.05) is 0 Å². The standard InChI is InChI=1S/C20H14FNO/c1-13-10-16(19-9-7-17(23)11-20(19)21)6-8-18(13)15-4-2-14(12-22)3-5-15/h2-11,23H,1H3. The van der Waals surface area contributed by atoms with Crippen molar-refractivity contribution in [3.8, 4) is 34.1 Å². The van der Waals surface area contributed by atoms with Gasteiger partial charge >= 0.3 is 0 Å². The predicted molar refractivity (Wildman–Crippen MR) is 88.4 cm³/mol. The monoisotopic (exact) mass is 303 g/mol. The molecule has 0 aliphatic rings. The highest BCUT2D eigenvalue weighted by molar-refractivity contribution is 5.74. The average molecular weight is 303 g/mol. The van der Waals surface area contributed by atoms with E-state index in [-0.39, 0.29) is 5.75 Å².